The molecule has 1 aliphatic rings. The lowest BCUT2D eigenvalue weighted by Gasteiger charge is -2.40. The number of amides is 1. The first kappa shape index (κ1) is 30.3. The number of hydrogen-bond donors (Lipinski definition) is 0. The van der Waals surface area contributed by atoms with Gasteiger partial charge in [0.2, 0.25) is 5.91 Å². The molecule has 11 heteroatoms. The van der Waals surface area contributed by atoms with Crippen LogP contribution in [0.2, 0.25) is 5.02 Å². The van der Waals surface area contributed by atoms with Crippen LogP contribution in [0.15, 0.2) is 65.4 Å². The smallest absolute Gasteiger partial charge is 0.350 e. The Bertz CT molecular complexity index is 1830. The molecule has 1 fully saturated rings. The van der Waals surface area contributed by atoms with Crippen molar-refractivity contribution in [1.29, 1.82) is 0 Å². The summed E-state index contributed by atoms with van der Waals surface area (Å²) in [6.07, 6.45) is 4.71. The van der Waals surface area contributed by atoms with Gasteiger partial charge in [0.15, 0.2) is 5.65 Å². The zero-order chi connectivity index (χ0) is 31.0. The Balaban J connectivity index is 1.83. The van der Waals surface area contributed by atoms with Gasteiger partial charge in [-0.2, -0.15) is 10.4 Å². The summed E-state index contributed by atoms with van der Waals surface area (Å²) in [5.74, 6) is 0.354. The van der Waals surface area contributed by atoms with Gasteiger partial charge >= 0.3 is 5.69 Å². The molecule has 0 bridgehead atoms. The van der Waals surface area contributed by atoms with Crippen molar-refractivity contribution >= 4 is 56.1 Å². The third-order valence-electron chi connectivity index (χ3n) is 7.65. The zero-order valence-electron chi connectivity index (χ0n) is 24.7. The highest BCUT2D eigenvalue weighted by molar-refractivity contribution is 6.50. The van der Waals surface area contributed by atoms with E-state index in [1.807, 2.05) is 62.9 Å². The van der Waals surface area contributed by atoms with E-state index in [0.29, 0.717) is 58.5 Å². The molecule has 43 heavy (non-hydrogen) atoms. The molecule has 0 aliphatic carbocycles. The van der Waals surface area contributed by atoms with Gasteiger partial charge in [-0.3, -0.25) is 9.78 Å². The topological polar surface area (TPSA) is 84.2 Å². The second-order valence-electron chi connectivity index (χ2n) is 11.0. The predicted octanol–water partition coefficient (Wildman–Crippen LogP) is 4.79. The number of aryl methyl sites for hydroxylation is 1. The average molecular weight is 589 g/mol. The van der Waals surface area contributed by atoms with Gasteiger partial charge in [0.1, 0.15) is 5.82 Å². The van der Waals surface area contributed by atoms with E-state index in [2.05, 4.69) is 16.5 Å². The van der Waals surface area contributed by atoms with E-state index in [0.717, 1.165) is 16.8 Å². The van der Waals surface area contributed by atoms with Crippen LogP contribution in [-0.2, 0) is 4.79 Å². The molecule has 1 aliphatic heterocycles. The molecule has 0 N–H and O–H groups in total. The van der Waals surface area contributed by atoms with Gasteiger partial charge in [0.05, 0.1) is 43.2 Å². The lowest BCUT2D eigenvalue weighted by atomic mass is 9.77. The molecule has 8 nitrogen and oxygen atoms in total. The Morgan fingerprint density at radius 2 is 1.91 bits per heavy atom. The van der Waals surface area contributed by atoms with E-state index in [1.165, 1.54) is 10.6 Å². The maximum atomic E-state index is 14.1. The lowest BCUT2D eigenvalue weighted by Crippen LogP contribution is -2.54. The summed E-state index contributed by atoms with van der Waals surface area (Å²) in [6.45, 7) is 13.0. The SMILES string of the molecule is [B]C([B])=Cc1ccccc1-c1nc2c(cc1Cl)c(N1CCN(C(=O)C=C)C[C@@H]1C)nc(=O)n2-c1c(C)ccnc1C(C)C. The number of carbonyl (C=O) groups is 1. The fraction of sp³-hybridized carbons (Fsp3) is 0.281. The molecule has 0 saturated carbocycles. The highest BCUT2D eigenvalue weighted by Gasteiger charge is 2.30. The Morgan fingerprint density at radius 3 is 2.58 bits per heavy atom. The van der Waals surface area contributed by atoms with Crippen molar-refractivity contribution in [3.8, 4) is 16.9 Å². The van der Waals surface area contributed by atoms with Gasteiger partial charge in [0.25, 0.3) is 0 Å². The Kier molecular flexibility index (Phi) is 8.60. The molecule has 1 amide bonds. The third-order valence-corrected chi connectivity index (χ3v) is 7.94. The molecular formula is C32H31B2ClN6O2. The van der Waals surface area contributed by atoms with Crippen LogP contribution in [0.25, 0.3) is 34.1 Å². The van der Waals surface area contributed by atoms with Gasteiger partial charge in [0, 0.05) is 37.4 Å². The monoisotopic (exact) mass is 588 g/mol. The summed E-state index contributed by atoms with van der Waals surface area (Å²) >= 11 is 6.97. The van der Waals surface area contributed by atoms with Gasteiger partial charge in [-0.25, -0.2) is 14.3 Å². The molecule has 0 unspecified atom stereocenters. The van der Waals surface area contributed by atoms with E-state index in [1.54, 1.807) is 23.2 Å². The summed E-state index contributed by atoms with van der Waals surface area (Å²) in [5, 5.41) is 1.12. The standard InChI is InChI=1S/C32H31B2ClN6O2/c1-6-26(42)39-13-14-40(20(5)17-39)30-23-16-24(35)28(22-10-8-7-9-21(22)15-25(33)34)37-31(23)41(32(43)38-30)29-19(4)11-12-36-27(29)18(2)3/h6-12,15-16,18,20H,1,13-14,17H2,2-5H3/t20-/m0/s1. The molecular weight excluding hydrogens is 557 g/mol. The number of benzene rings is 1. The zero-order valence-corrected chi connectivity index (χ0v) is 25.5. The number of pyridine rings is 2. The van der Waals surface area contributed by atoms with Crippen molar-refractivity contribution in [3.63, 3.8) is 0 Å². The summed E-state index contributed by atoms with van der Waals surface area (Å²) in [4.78, 5) is 44.5. The first-order valence-electron chi connectivity index (χ1n) is 14.1. The van der Waals surface area contributed by atoms with Crippen molar-refractivity contribution in [2.75, 3.05) is 24.5 Å². The fourth-order valence-corrected chi connectivity index (χ4v) is 5.87. The molecule has 3 aromatic heterocycles. The lowest BCUT2D eigenvalue weighted by molar-refractivity contribution is -0.126. The number of carbonyl (C=O) groups excluding carboxylic acids is 1. The predicted molar refractivity (Wildman–Crippen MR) is 175 cm³/mol. The highest BCUT2D eigenvalue weighted by Crippen LogP contribution is 2.36. The van der Waals surface area contributed by atoms with Crippen LogP contribution < -0.4 is 10.6 Å². The minimum absolute atomic E-state index is 0.0252. The molecule has 4 heterocycles. The summed E-state index contributed by atoms with van der Waals surface area (Å²) in [5.41, 5.74) is 4.06. The number of fused-ring (bicyclic) bond motifs is 1. The number of rotatable bonds is 6. The van der Waals surface area contributed by atoms with E-state index in [-0.39, 0.29) is 23.2 Å². The van der Waals surface area contributed by atoms with Crippen LogP contribution in [0.4, 0.5) is 5.82 Å². The van der Waals surface area contributed by atoms with Crippen LogP contribution in [0.3, 0.4) is 0 Å². The number of aromatic nitrogens is 4. The maximum Gasteiger partial charge on any atom is 0.355 e. The molecule has 0 spiro atoms. The molecule has 1 atom stereocenters. The quantitative estimate of drug-likeness (QED) is 0.238. The number of piperazine rings is 1. The number of nitrogens with zero attached hydrogens (tertiary/aromatic N) is 6. The highest BCUT2D eigenvalue weighted by atomic mass is 35.5. The number of hydrogen-bond acceptors (Lipinski definition) is 6. The maximum absolute atomic E-state index is 14.1. The molecule has 1 aromatic carbocycles. The van der Waals surface area contributed by atoms with Crippen molar-refractivity contribution in [2.24, 2.45) is 0 Å². The first-order valence-corrected chi connectivity index (χ1v) is 14.5. The molecule has 4 aromatic rings. The van der Waals surface area contributed by atoms with Crippen molar-refractivity contribution < 1.29 is 4.79 Å². The van der Waals surface area contributed by atoms with E-state index in [4.69, 9.17) is 32.3 Å². The number of anilines is 1. The second kappa shape index (κ2) is 12.2. The Hall–Kier alpha value is -4.17. The van der Waals surface area contributed by atoms with E-state index >= 15 is 0 Å². The van der Waals surface area contributed by atoms with Gasteiger partial charge in [-0.15, -0.1) is 0 Å². The largest absolute Gasteiger partial charge is 0.355 e. The molecule has 1 saturated heterocycles. The van der Waals surface area contributed by atoms with Gasteiger partial charge in [-0.1, -0.05) is 62.4 Å². The van der Waals surface area contributed by atoms with Crippen LogP contribution in [-0.4, -0.2) is 71.7 Å². The Morgan fingerprint density at radius 1 is 1.16 bits per heavy atom. The third kappa shape index (κ3) is 5.76. The van der Waals surface area contributed by atoms with Crippen LogP contribution in [0, 0.1) is 6.92 Å². The average Bonchev–Trinajstić information content (AvgIpc) is 2.96. The minimum atomic E-state index is -0.488. The Labute approximate surface area is 258 Å². The number of halogens is 1. The van der Waals surface area contributed by atoms with Crippen molar-refractivity contribution in [3.05, 3.63) is 92.9 Å². The second-order valence-corrected chi connectivity index (χ2v) is 11.4. The van der Waals surface area contributed by atoms with E-state index in [9.17, 15) is 9.59 Å². The van der Waals surface area contributed by atoms with Crippen LogP contribution >= 0.6 is 11.6 Å². The normalized spacial score (nSPS) is 15.2. The van der Waals surface area contributed by atoms with Gasteiger partial charge in [-0.05, 0) is 49.1 Å². The molecule has 4 radical (unpaired) electrons. The first-order chi connectivity index (χ1) is 20.5. The van der Waals surface area contributed by atoms with Gasteiger partial charge < -0.3 is 9.80 Å². The fourth-order valence-electron chi connectivity index (χ4n) is 5.62. The van der Waals surface area contributed by atoms with Crippen LogP contribution in [0.1, 0.15) is 43.5 Å². The summed E-state index contributed by atoms with van der Waals surface area (Å²) in [6, 6.07) is 11.0. The van der Waals surface area contributed by atoms with E-state index < -0.39 is 5.69 Å². The van der Waals surface area contributed by atoms with Crippen molar-refractivity contribution in [2.45, 2.75) is 39.7 Å². The van der Waals surface area contributed by atoms with Crippen molar-refractivity contribution in [1.82, 2.24) is 24.4 Å². The molecule has 214 valence electrons. The van der Waals surface area contributed by atoms with Crippen LogP contribution in [0.5, 0.6) is 0 Å². The molecule has 5 rings (SSSR count). The summed E-state index contributed by atoms with van der Waals surface area (Å²) < 4.78 is 1.54. The summed E-state index contributed by atoms with van der Waals surface area (Å²) in [7, 11) is 11.6. The minimum Gasteiger partial charge on any atom is -0.350 e.